The van der Waals surface area contributed by atoms with Crippen LogP contribution in [0.2, 0.25) is 0 Å². The molecule has 0 saturated carbocycles. The van der Waals surface area contributed by atoms with Gasteiger partial charge >= 0.3 is 30.2 Å². The molecule has 186 valence electrons. The molecule has 2 aliphatic carbocycles. The molecule has 0 spiro atoms. The summed E-state index contributed by atoms with van der Waals surface area (Å²) in [6.45, 7) is 15.2. The van der Waals surface area contributed by atoms with Crippen molar-refractivity contribution < 1.29 is 23.3 Å². The van der Waals surface area contributed by atoms with Crippen molar-refractivity contribution in [2.75, 3.05) is 0 Å². The third kappa shape index (κ3) is 20.5. The zero-order valence-corrected chi connectivity index (χ0v) is 27.0. The molecule has 0 nitrogen and oxygen atoms in total. The minimum Gasteiger partial charge on any atom is -0.184 e. The van der Waals surface area contributed by atoms with Crippen molar-refractivity contribution in [3.8, 4) is 0 Å². The molecule has 2 aliphatic rings. The average Bonchev–Trinajstić information content (AvgIpc) is 3.53. The van der Waals surface area contributed by atoms with Crippen LogP contribution in [0.1, 0.15) is 54.4 Å². The monoisotopic (exact) mass is 588 g/mol. The molecule has 34 heavy (non-hydrogen) atoms. The van der Waals surface area contributed by atoms with Crippen LogP contribution in [0.15, 0.2) is 96.1 Å². The van der Waals surface area contributed by atoms with Gasteiger partial charge < -0.3 is 0 Å². The summed E-state index contributed by atoms with van der Waals surface area (Å²) in [4.78, 5) is 0. The Morgan fingerprint density at radius 3 is 0.971 bits per heavy atom. The van der Waals surface area contributed by atoms with Gasteiger partial charge in [-0.05, 0) is 10.8 Å². The van der Waals surface area contributed by atoms with Crippen molar-refractivity contribution in [1.82, 2.24) is 0 Å². The molecule has 0 bridgehead atoms. The number of allylic oxidation sites excluding steroid dienone is 8. The predicted octanol–water partition coefficient (Wildman–Crippen LogP) is 8.34. The minimum atomic E-state index is 0. The molecule has 2 aromatic rings. The first-order valence-corrected chi connectivity index (χ1v) is 16.9. The van der Waals surface area contributed by atoms with Crippen LogP contribution in [0, 0.1) is 35.1 Å². The maximum atomic E-state index is 3.30. The topological polar surface area (TPSA) is 0 Å². The first kappa shape index (κ1) is 37.6. The van der Waals surface area contributed by atoms with E-state index in [0.29, 0.717) is 10.8 Å². The summed E-state index contributed by atoms with van der Waals surface area (Å²) in [7, 11) is 0. The van der Waals surface area contributed by atoms with Gasteiger partial charge in [0.05, 0.1) is 0 Å². The van der Waals surface area contributed by atoms with Gasteiger partial charge in [-0.1, -0.05) is 41.5 Å². The molecule has 0 atom stereocenters. The number of hydrogen-bond acceptors (Lipinski definition) is 0. The van der Waals surface area contributed by atoms with Crippen LogP contribution < -0.4 is 0 Å². The zero-order valence-electron chi connectivity index (χ0n) is 21.5. The van der Waals surface area contributed by atoms with Crippen LogP contribution in [0.3, 0.4) is 0 Å². The molecule has 0 N–H and O–H groups in total. The maximum absolute atomic E-state index is 3.30. The van der Waals surface area contributed by atoms with E-state index in [1.54, 1.807) is 23.3 Å². The fourth-order valence-corrected chi connectivity index (χ4v) is 2.52. The fraction of sp³-hybridized carbons (Fsp3) is 0.333. The van der Waals surface area contributed by atoms with E-state index in [-0.39, 0.29) is 24.8 Å². The summed E-state index contributed by atoms with van der Waals surface area (Å²) in [5.74, 6) is 0. The molecule has 4 rings (SSSR count). The van der Waals surface area contributed by atoms with Gasteiger partial charge in [0.25, 0.3) is 0 Å². The molecule has 0 unspecified atom stereocenters. The Hall–Kier alpha value is -0.920. The van der Waals surface area contributed by atoms with Crippen molar-refractivity contribution in [3.05, 3.63) is 120 Å². The average molecular weight is 591 g/mol. The molecule has 0 amide bonds. The second-order valence-corrected chi connectivity index (χ2v) is 9.05. The van der Waals surface area contributed by atoms with E-state index in [9.17, 15) is 0 Å². The SMILES string of the molecule is CC(C)(C)C1=[C-]CC=C1.CC(C)(C)C1=[C-]CC=C1.Cl.Cl.[SiH2]=[Zr].[c-]1ccccc1.[c-]1ccccc1. The number of halogens is 2. The summed E-state index contributed by atoms with van der Waals surface area (Å²) >= 11 is 1.58. The molecule has 0 saturated heterocycles. The Labute approximate surface area is 239 Å². The molecule has 0 radical (unpaired) electrons. The first-order chi connectivity index (χ1) is 15.2. The van der Waals surface area contributed by atoms with E-state index in [2.05, 4.69) is 90.1 Å². The predicted molar refractivity (Wildman–Crippen MR) is 154 cm³/mol. The Kier molecular flexibility index (Phi) is 24.9. The van der Waals surface area contributed by atoms with Gasteiger partial charge in [-0.2, -0.15) is 84.9 Å². The third-order valence-corrected chi connectivity index (χ3v) is 4.22. The van der Waals surface area contributed by atoms with Gasteiger partial charge in [0.1, 0.15) is 0 Å². The standard InChI is InChI=1S/2C9H13.2C6H5.2ClH.H2Si.Zr/c2*1-9(2,3)8-6-4-5-7-8;2*1-2-4-6-5-3-1;;;;/h2*4,6H,5H2,1-3H3;2*1-5H;2*1H;1H2;/q4*-1;;;;. The summed E-state index contributed by atoms with van der Waals surface area (Å²) in [6, 6.07) is 25.0. The summed E-state index contributed by atoms with van der Waals surface area (Å²) < 4.78 is 0. The third-order valence-electron chi connectivity index (χ3n) is 4.22. The van der Waals surface area contributed by atoms with Gasteiger partial charge in [0, 0.05) is 0 Å². The normalized spacial score (nSPS) is 12.6. The van der Waals surface area contributed by atoms with E-state index >= 15 is 0 Å². The Morgan fingerprint density at radius 2 is 0.882 bits per heavy atom. The molecule has 2 aromatic carbocycles. The van der Waals surface area contributed by atoms with Gasteiger partial charge in [0.15, 0.2) is 0 Å². The molecular formula is C30H40Cl2SiZr-4. The van der Waals surface area contributed by atoms with Crippen LogP contribution in [-0.4, -0.2) is 6.88 Å². The number of rotatable bonds is 0. The van der Waals surface area contributed by atoms with Gasteiger partial charge in [-0.25, -0.2) is 23.3 Å². The quantitative estimate of drug-likeness (QED) is 0.214. The molecule has 4 heteroatoms. The zero-order chi connectivity index (χ0) is 24.3. The van der Waals surface area contributed by atoms with E-state index in [1.165, 1.54) is 11.1 Å². The largest absolute Gasteiger partial charge is 0.184 e. The summed E-state index contributed by atoms with van der Waals surface area (Å²) in [5, 5.41) is 0. The molecular weight excluding hydrogens is 551 g/mol. The number of benzene rings is 2. The van der Waals surface area contributed by atoms with E-state index < -0.39 is 0 Å². The molecule has 0 aliphatic heterocycles. The van der Waals surface area contributed by atoms with Crippen LogP contribution in [0.5, 0.6) is 0 Å². The minimum absolute atomic E-state index is 0. The van der Waals surface area contributed by atoms with Crippen LogP contribution >= 0.6 is 24.8 Å². The van der Waals surface area contributed by atoms with Crippen LogP contribution in [-0.2, 0) is 23.3 Å². The van der Waals surface area contributed by atoms with Crippen molar-refractivity contribution >= 4 is 31.7 Å². The second kappa shape index (κ2) is 22.5. The van der Waals surface area contributed by atoms with Gasteiger partial charge in [0.2, 0.25) is 0 Å². The van der Waals surface area contributed by atoms with Crippen molar-refractivity contribution in [2.24, 2.45) is 10.8 Å². The van der Waals surface area contributed by atoms with Crippen molar-refractivity contribution in [2.45, 2.75) is 54.4 Å². The van der Waals surface area contributed by atoms with E-state index in [1.807, 2.05) is 67.5 Å². The first-order valence-electron chi connectivity index (χ1n) is 10.9. The van der Waals surface area contributed by atoms with E-state index in [4.69, 9.17) is 0 Å². The van der Waals surface area contributed by atoms with Crippen LogP contribution in [0.4, 0.5) is 0 Å². The maximum Gasteiger partial charge on any atom is -0.171 e. The van der Waals surface area contributed by atoms with Crippen LogP contribution in [0.25, 0.3) is 0 Å². The Bertz CT molecular complexity index is 703. The Morgan fingerprint density at radius 1 is 0.588 bits per heavy atom. The summed E-state index contributed by atoms with van der Waals surface area (Å²) in [5.41, 5.74) is 3.30. The number of hydrogen-bond donors (Lipinski definition) is 0. The van der Waals surface area contributed by atoms with Gasteiger partial charge in [-0.15, -0.1) is 37.7 Å². The molecule has 0 fully saturated rings. The summed E-state index contributed by atoms with van der Waals surface area (Å²) in [6.07, 6.45) is 17.3. The smallest absolute Gasteiger partial charge is 0.171 e. The van der Waals surface area contributed by atoms with Crippen molar-refractivity contribution in [1.29, 1.82) is 0 Å². The molecule has 0 aromatic heterocycles. The van der Waals surface area contributed by atoms with Crippen molar-refractivity contribution in [3.63, 3.8) is 0 Å². The second-order valence-electron chi connectivity index (χ2n) is 9.05. The molecule has 0 heterocycles. The Balaban J connectivity index is -0.000000366. The fourth-order valence-electron chi connectivity index (χ4n) is 2.52. The van der Waals surface area contributed by atoms with E-state index in [0.717, 1.165) is 12.8 Å². The van der Waals surface area contributed by atoms with Gasteiger partial charge in [-0.3, -0.25) is 12.2 Å².